The summed E-state index contributed by atoms with van der Waals surface area (Å²) in [6, 6.07) is 0. The largest absolute Gasteiger partial charge is 1.00 e. The van der Waals surface area contributed by atoms with E-state index in [0.29, 0.717) is 0 Å². The van der Waals surface area contributed by atoms with Crippen LogP contribution in [-0.4, -0.2) is 22.0 Å². The maximum atomic E-state index is 11.0. The summed E-state index contributed by atoms with van der Waals surface area (Å²) in [6.07, 6.45) is -0.999. The molecule has 90 valence electrons. The Morgan fingerprint density at radius 1 is 1.56 bits per heavy atom. The van der Waals surface area contributed by atoms with Crippen molar-refractivity contribution in [3.05, 3.63) is 12.2 Å². The van der Waals surface area contributed by atoms with Gasteiger partial charge in [0.25, 0.3) is 0 Å². The van der Waals surface area contributed by atoms with E-state index < -0.39 is 20.1 Å². The number of rotatable bonds is 6. The first kappa shape index (κ1) is 18.6. The molecule has 0 aliphatic carbocycles. The van der Waals surface area contributed by atoms with Crippen LogP contribution in [0.5, 0.6) is 0 Å². The molecule has 0 aromatic rings. The van der Waals surface area contributed by atoms with Crippen molar-refractivity contribution in [1.82, 2.24) is 0 Å². The van der Waals surface area contributed by atoms with Gasteiger partial charge in [0.05, 0.1) is 0 Å². The first-order chi connectivity index (χ1) is 6.76. The summed E-state index contributed by atoms with van der Waals surface area (Å²) < 4.78 is 18.6. The Hall–Kier alpha value is 0.280. The average Bonchev–Trinajstić information content (AvgIpc) is 2.10. The summed E-state index contributed by atoms with van der Waals surface area (Å²) in [5, 5.41) is 0. The van der Waals surface area contributed by atoms with Crippen LogP contribution in [0.15, 0.2) is 12.2 Å². The van der Waals surface area contributed by atoms with Crippen LogP contribution in [0.4, 0.5) is 0 Å². The molecule has 0 heterocycles. The molecule has 0 amide bonds. The molecule has 0 saturated heterocycles. The third kappa shape index (κ3) is 9.50. The maximum Gasteiger partial charge on any atom is 1.00 e. The Kier molecular flexibility index (Phi) is 9.77. The molecule has 16 heavy (non-hydrogen) atoms. The molecule has 2 N–H and O–H groups in total. The van der Waals surface area contributed by atoms with Gasteiger partial charge < -0.3 is 16.0 Å². The van der Waals surface area contributed by atoms with Crippen LogP contribution < -0.4 is 29.6 Å². The van der Waals surface area contributed by atoms with E-state index in [1.54, 1.807) is 6.92 Å². The van der Waals surface area contributed by atoms with E-state index in [9.17, 15) is 9.36 Å². The van der Waals surface area contributed by atoms with Gasteiger partial charge in [0, 0.05) is 12.0 Å². The molecule has 0 aliphatic rings. The van der Waals surface area contributed by atoms with E-state index in [1.165, 1.54) is 6.92 Å². The van der Waals surface area contributed by atoms with Crippen molar-refractivity contribution >= 4 is 13.8 Å². The number of carbonyl (C=O) groups excluding carboxylic acids is 1. The van der Waals surface area contributed by atoms with Crippen LogP contribution in [0.1, 0.15) is 21.7 Å². The number of hydrogen-bond acceptors (Lipinski definition) is 5. The summed E-state index contributed by atoms with van der Waals surface area (Å²) in [5.41, 5.74) is 0.147. The topological polar surface area (TPSA) is 102 Å². The smallest absolute Gasteiger partial charge is 1.00 e. The summed E-state index contributed by atoms with van der Waals surface area (Å²) in [4.78, 5) is 31.8. The molecule has 0 saturated carbocycles. The normalized spacial score (nSPS) is 12.5. The first-order valence-electron chi connectivity index (χ1n) is 4.03. The number of hydrogen-bond donors (Lipinski definition) is 2. The molecule has 0 aromatic carbocycles. The monoisotopic (exact) mass is 264 g/mol. The van der Waals surface area contributed by atoms with Crippen molar-refractivity contribution in [1.29, 1.82) is 0 Å². The Bertz CT molecular complexity index is 292. The van der Waals surface area contributed by atoms with E-state index >= 15 is 0 Å². The van der Waals surface area contributed by atoms with Gasteiger partial charge in [0.1, 0.15) is 0 Å². The van der Waals surface area contributed by atoms with Crippen molar-refractivity contribution in [2.45, 2.75) is 26.6 Å². The maximum absolute atomic E-state index is 11.0. The van der Waals surface area contributed by atoms with Gasteiger partial charge in [0.2, 0.25) is 6.29 Å². The number of ether oxygens (including phenoxy) is 1. The van der Waals surface area contributed by atoms with Gasteiger partial charge in [0.15, 0.2) is 0 Å². The molecular formula is C7H14NaO7P. The van der Waals surface area contributed by atoms with Gasteiger partial charge in [-0.05, 0) is 6.92 Å². The van der Waals surface area contributed by atoms with Gasteiger partial charge in [-0.3, -0.25) is 0 Å². The molecule has 0 bridgehead atoms. The summed E-state index contributed by atoms with van der Waals surface area (Å²) in [5.74, 6) is -0.726. The molecular weight excluding hydrogens is 250 g/mol. The van der Waals surface area contributed by atoms with Crippen LogP contribution in [0.3, 0.4) is 0 Å². The number of phosphoric acid groups is 1. The zero-order valence-electron chi connectivity index (χ0n) is 10.4. The summed E-state index contributed by atoms with van der Waals surface area (Å²) in [6.45, 7) is 6.34. The molecule has 1 unspecified atom stereocenters. The molecule has 0 fully saturated rings. The zero-order chi connectivity index (χ0) is 12.1. The van der Waals surface area contributed by atoms with Crippen LogP contribution in [-0.2, 0) is 23.7 Å². The average molecular weight is 264 g/mol. The third-order valence-corrected chi connectivity index (χ3v) is 1.45. The molecule has 1 atom stereocenters. The molecule has 0 aromatic heterocycles. The second kappa shape index (κ2) is 8.38. The molecule has 7 nitrogen and oxygen atoms in total. The molecule has 0 rings (SSSR count). The minimum atomic E-state index is -4.74. The minimum Gasteiger partial charge on any atom is -1.00 e. The van der Waals surface area contributed by atoms with Crippen LogP contribution in [0.2, 0.25) is 0 Å². The van der Waals surface area contributed by atoms with Gasteiger partial charge in [-0.1, -0.05) is 13.5 Å². The predicted molar refractivity (Wildman–Crippen MR) is 50.3 cm³/mol. The Labute approximate surface area is 117 Å². The Morgan fingerprint density at radius 2 is 2.06 bits per heavy atom. The quantitative estimate of drug-likeness (QED) is 0.109. The molecule has 0 radical (unpaired) electrons. The molecule has 0 spiro atoms. The SMILES string of the molecule is C=C(C)C(=O)OC(CC)OOP(=O)(O)O.[H-].[Na+]. The fourth-order valence-electron chi connectivity index (χ4n) is 0.495. The van der Waals surface area contributed by atoms with E-state index in [2.05, 4.69) is 20.9 Å². The second-order valence-corrected chi connectivity index (χ2v) is 3.82. The predicted octanol–water partition coefficient (Wildman–Crippen LogP) is -2.00. The number of carbonyl (C=O) groups is 1. The van der Waals surface area contributed by atoms with Gasteiger partial charge in [-0.25, -0.2) is 9.36 Å². The minimum absolute atomic E-state index is 0. The van der Waals surface area contributed by atoms with Crippen LogP contribution >= 0.6 is 7.82 Å². The molecule has 9 heteroatoms. The number of esters is 1. The fraction of sp³-hybridized carbons (Fsp3) is 0.571. The van der Waals surface area contributed by atoms with Crippen molar-refractivity contribution < 1.29 is 64.4 Å². The summed E-state index contributed by atoms with van der Waals surface area (Å²) in [7, 11) is -4.74. The zero-order valence-corrected chi connectivity index (χ0v) is 12.3. The Balaban J connectivity index is -0.000000980. The second-order valence-electron chi connectivity index (χ2n) is 2.68. The van der Waals surface area contributed by atoms with E-state index in [0.717, 1.165) is 0 Å². The third-order valence-electron chi connectivity index (χ3n) is 1.17. The summed E-state index contributed by atoms with van der Waals surface area (Å²) >= 11 is 0. The van der Waals surface area contributed by atoms with Gasteiger partial charge in [-0.2, -0.15) is 4.89 Å². The van der Waals surface area contributed by atoms with E-state index in [4.69, 9.17) is 9.79 Å². The first-order valence-corrected chi connectivity index (χ1v) is 5.56. The van der Waals surface area contributed by atoms with Crippen molar-refractivity contribution in [3.8, 4) is 0 Å². The van der Waals surface area contributed by atoms with Crippen molar-refractivity contribution in [2.24, 2.45) is 0 Å². The standard InChI is InChI=1S/C7H13O7P.Na.H/c1-4-6(12-7(8)5(2)3)13-14-15(9,10)11;;/h6H,2,4H2,1,3H3,(H2,9,10,11);;/q;+1;-1. The van der Waals surface area contributed by atoms with Crippen molar-refractivity contribution in [3.63, 3.8) is 0 Å². The van der Waals surface area contributed by atoms with E-state index in [1.807, 2.05) is 0 Å². The fourth-order valence-corrected chi connectivity index (χ4v) is 0.703. The van der Waals surface area contributed by atoms with Gasteiger partial charge in [-0.15, -0.1) is 4.67 Å². The Morgan fingerprint density at radius 3 is 2.38 bits per heavy atom. The van der Waals surface area contributed by atoms with Gasteiger partial charge >= 0.3 is 43.3 Å². The van der Waals surface area contributed by atoms with Crippen molar-refractivity contribution in [2.75, 3.05) is 0 Å². The van der Waals surface area contributed by atoms with E-state index in [-0.39, 0.29) is 43.0 Å². The molecule has 0 aliphatic heterocycles. The van der Waals surface area contributed by atoms with Crippen LogP contribution in [0.25, 0.3) is 0 Å². The van der Waals surface area contributed by atoms with Crippen LogP contribution in [0, 0.1) is 0 Å².